The van der Waals surface area contributed by atoms with Crippen LogP contribution in [0.4, 0.5) is 0 Å². The van der Waals surface area contributed by atoms with Crippen molar-refractivity contribution in [1.29, 1.82) is 0 Å². The molecule has 1 aliphatic rings. The van der Waals surface area contributed by atoms with E-state index in [-0.39, 0.29) is 5.91 Å². The van der Waals surface area contributed by atoms with Gasteiger partial charge in [0.25, 0.3) is 5.91 Å². The Hall–Kier alpha value is -3.03. The number of amides is 1. The van der Waals surface area contributed by atoms with Crippen LogP contribution in [0.2, 0.25) is 0 Å². The number of carbonyl (C=O) groups excluding carboxylic acids is 1. The number of likely N-dealkylation sites (N-methyl/N-ethyl adjacent to an activating group) is 1. The predicted octanol–water partition coefficient (Wildman–Crippen LogP) is 3.40. The molecule has 28 heavy (non-hydrogen) atoms. The molecule has 4 aromatic rings. The molecule has 0 spiro atoms. The second kappa shape index (κ2) is 6.25. The summed E-state index contributed by atoms with van der Waals surface area (Å²) in [6.45, 7) is 0.551. The smallest absolute Gasteiger partial charge is 0.258 e. The predicted molar refractivity (Wildman–Crippen MR) is 109 cm³/mol. The van der Waals surface area contributed by atoms with Crippen LogP contribution in [-0.2, 0) is 10.4 Å². The highest BCUT2D eigenvalue weighted by Gasteiger charge is 2.45. The number of pyridine rings is 1. The van der Waals surface area contributed by atoms with Gasteiger partial charge >= 0.3 is 0 Å². The molecule has 0 saturated carbocycles. The maximum absolute atomic E-state index is 12.4. The van der Waals surface area contributed by atoms with Crippen LogP contribution in [0.1, 0.15) is 12.0 Å². The largest absolute Gasteiger partial charge is 0.375 e. The van der Waals surface area contributed by atoms with Crippen molar-refractivity contribution in [2.75, 3.05) is 13.6 Å². The van der Waals surface area contributed by atoms with Crippen LogP contribution < -0.4 is 0 Å². The van der Waals surface area contributed by atoms with Gasteiger partial charge in [-0.05, 0) is 23.8 Å². The summed E-state index contributed by atoms with van der Waals surface area (Å²) >= 11 is 1.56. The number of likely N-dealkylation sites (tertiary alicyclic amines) is 1. The van der Waals surface area contributed by atoms with Gasteiger partial charge in [0.2, 0.25) is 0 Å². The van der Waals surface area contributed by atoms with Crippen molar-refractivity contribution in [1.82, 2.24) is 19.9 Å². The summed E-state index contributed by atoms with van der Waals surface area (Å²) in [5.41, 5.74) is 2.72. The number of rotatable bonds is 3. The average Bonchev–Trinajstić information content (AvgIpc) is 3.43. The van der Waals surface area contributed by atoms with Gasteiger partial charge < -0.3 is 15.0 Å². The number of nitrogens with zero attached hydrogens (tertiary/aromatic N) is 3. The van der Waals surface area contributed by atoms with Gasteiger partial charge in [-0.3, -0.25) is 4.79 Å². The summed E-state index contributed by atoms with van der Waals surface area (Å²) in [6.07, 6.45) is 4.08. The average molecular weight is 390 g/mol. The Labute approximate surface area is 165 Å². The van der Waals surface area contributed by atoms with E-state index in [0.29, 0.717) is 18.5 Å². The molecular weight excluding hydrogens is 372 g/mol. The number of aromatic amines is 1. The molecule has 1 amide bonds. The van der Waals surface area contributed by atoms with E-state index in [1.807, 2.05) is 41.9 Å². The molecule has 1 unspecified atom stereocenters. The highest BCUT2D eigenvalue weighted by molar-refractivity contribution is 7.13. The van der Waals surface area contributed by atoms with Gasteiger partial charge in [-0.2, -0.15) is 0 Å². The van der Waals surface area contributed by atoms with Crippen molar-refractivity contribution in [3.63, 3.8) is 0 Å². The Morgan fingerprint density at radius 2 is 2.18 bits per heavy atom. The molecule has 0 radical (unpaired) electrons. The number of carbonyl (C=O) groups is 1. The molecular formula is C21H18N4O2S. The number of hydrogen-bond donors (Lipinski definition) is 2. The Morgan fingerprint density at radius 3 is 3.00 bits per heavy atom. The van der Waals surface area contributed by atoms with Crippen molar-refractivity contribution in [2.24, 2.45) is 0 Å². The first-order valence-corrected chi connectivity index (χ1v) is 9.91. The molecule has 7 heteroatoms. The van der Waals surface area contributed by atoms with Gasteiger partial charge in [0, 0.05) is 54.3 Å². The molecule has 1 fully saturated rings. The quantitative estimate of drug-likeness (QED) is 0.562. The summed E-state index contributed by atoms with van der Waals surface area (Å²) in [6, 6.07) is 11.4. The Kier molecular flexibility index (Phi) is 3.82. The van der Waals surface area contributed by atoms with E-state index in [1.54, 1.807) is 35.5 Å². The van der Waals surface area contributed by atoms with E-state index >= 15 is 0 Å². The normalized spacial score (nSPS) is 19.6. The molecule has 140 valence electrons. The second-order valence-electron chi connectivity index (χ2n) is 7.06. The van der Waals surface area contributed by atoms with Crippen molar-refractivity contribution in [2.45, 2.75) is 12.0 Å². The van der Waals surface area contributed by atoms with E-state index < -0.39 is 5.60 Å². The van der Waals surface area contributed by atoms with Crippen LogP contribution in [-0.4, -0.2) is 44.5 Å². The zero-order valence-corrected chi connectivity index (χ0v) is 16.0. The molecule has 2 N–H and O–H groups in total. The second-order valence-corrected chi connectivity index (χ2v) is 7.92. The summed E-state index contributed by atoms with van der Waals surface area (Å²) in [5.74, 6) is -0.255. The summed E-state index contributed by atoms with van der Waals surface area (Å²) in [4.78, 5) is 26.3. The number of benzene rings is 1. The lowest BCUT2D eigenvalue weighted by molar-refractivity contribution is -0.143. The van der Waals surface area contributed by atoms with Crippen LogP contribution in [0.5, 0.6) is 0 Å². The molecule has 0 aliphatic carbocycles. The van der Waals surface area contributed by atoms with E-state index in [2.05, 4.69) is 9.97 Å². The van der Waals surface area contributed by atoms with E-state index in [1.165, 1.54) is 0 Å². The minimum Gasteiger partial charge on any atom is -0.375 e. The van der Waals surface area contributed by atoms with E-state index in [0.717, 1.165) is 32.9 Å². The van der Waals surface area contributed by atoms with Crippen LogP contribution in [0.3, 0.4) is 0 Å². The zero-order valence-electron chi connectivity index (χ0n) is 15.2. The Morgan fingerprint density at radius 1 is 1.29 bits per heavy atom. The van der Waals surface area contributed by atoms with Gasteiger partial charge in [-0.25, -0.2) is 9.97 Å². The third kappa shape index (κ3) is 2.55. The lowest BCUT2D eigenvalue weighted by Crippen LogP contribution is -2.36. The van der Waals surface area contributed by atoms with Gasteiger partial charge in [0.1, 0.15) is 10.7 Å². The van der Waals surface area contributed by atoms with Crippen LogP contribution in [0, 0.1) is 0 Å². The van der Waals surface area contributed by atoms with E-state index in [9.17, 15) is 9.90 Å². The number of thiazole rings is 1. The first kappa shape index (κ1) is 17.1. The highest BCUT2D eigenvalue weighted by atomic mass is 32.1. The van der Waals surface area contributed by atoms with Crippen LogP contribution in [0.15, 0.2) is 54.2 Å². The van der Waals surface area contributed by atoms with Crippen molar-refractivity contribution in [3.8, 4) is 21.8 Å². The lowest BCUT2D eigenvalue weighted by Gasteiger charge is -2.21. The Balaban J connectivity index is 1.52. The number of aliphatic hydroxyl groups is 1. The molecule has 1 saturated heterocycles. The lowest BCUT2D eigenvalue weighted by atomic mass is 9.90. The number of aromatic nitrogens is 3. The summed E-state index contributed by atoms with van der Waals surface area (Å²) in [7, 11) is 1.72. The third-order valence-electron chi connectivity index (χ3n) is 5.33. The van der Waals surface area contributed by atoms with E-state index in [4.69, 9.17) is 4.98 Å². The third-order valence-corrected chi connectivity index (χ3v) is 6.21. The standard InChI is InChI=1S/C21H18N4O2S/c1-25-9-7-21(27,20(25)26)14-5-2-4-13(10-14)17-12-28-19(24-17)16-11-23-18-15(16)6-3-8-22-18/h2-6,8,10-12,27H,7,9H2,1H3,(H,22,23). The first-order chi connectivity index (χ1) is 13.6. The Bertz CT molecular complexity index is 1200. The minimum absolute atomic E-state index is 0.255. The molecule has 3 aromatic heterocycles. The van der Waals surface area contributed by atoms with Gasteiger partial charge in [0.05, 0.1) is 5.69 Å². The highest BCUT2D eigenvalue weighted by Crippen LogP contribution is 2.36. The maximum Gasteiger partial charge on any atom is 0.258 e. The number of H-pyrrole nitrogens is 1. The fourth-order valence-corrected chi connectivity index (χ4v) is 4.58. The fourth-order valence-electron chi connectivity index (χ4n) is 3.72. The molecule has 1 aliphatic heterocycles. The van der Waals surface area contributed by atoms with Crippen molar-refractivity contribution in [3.05, 3.63) is 59.7 Å². The SMILES string of the molecule is CN1CCC(O)(c2cccc(-c3csc(-c4c[nH]c5ncccc45)n3)c2)C1=O. The number of nitrogens with one attached hydrogen (secondary N) is 1. The molecule has 1 atom stereocenters. The van der Waals surface area contributed by atoms with Gasteiger partial charge in [0.15, 0.2) is 5.60 Å². The van der Waals surface area contributed by atoms with Crippen LogP contribution >= 0.6 is 11.3 Å². The topological polar surface area (TPSA) is 82.1 Å². The molecule has 0 bridgehead atoms. The number of fused-ring (bicyclic) bond motifs is 1. The fraction of sp³-hybridized carbons (Fsp3) is 0.190. The van der Waals surface area contributed by atoms with Crippen molar-refractivity contribution >= 4 is 28.3 Å². The van der Waals surface area contributed by atoms with Gasteiger partial charge in [-0.1, -0.05) is 18.2 Å². The van der Waals surface area contributed by atoms with Crippen molar-refractivity contribution < 1.29 is 9.90 Å². The monoisotopic (exact) mass is 390 g/mol. The molecule has 1 aromatic carbocycles. The first-order valence-electron chi connectivity index (χ1n) is 9.03. The summed E-state index contributed by atoms with van der Waals surface area (Å²) in [5, 5.41) is 14.9. The van der Waals surface area contributed by atoms with Gasteiger partial charge in [-0.15, -0.1) is 11.3 Å². The summed E-state index contributed by atoms with van der Waals surface area (Å²) < 4.78 is 0. The minimum atomic E-state index is -1.45. The number of hydrogen-bond acceptors (Lipinski definition) is 5. The zero-order chi connectivity index (χ0) is 19.3. The van der Waals surface area contributed by atoms with Crippen LogP contribution in [0.25, 0.3) is 32.9 Å². The molecule has 5 rings (SSSR count). The maximum atomic E-state index is 12.4. The molecule has 6 nitrogen and oxygen atoms in total. The molecule has 4 heterocycles.